The topological polar surface area (TPSA) is 98.2 Å². The van der Waals surface area contributed by atoms with E-state index in [1.54, 1.807) is 0 Å². The van der Waals surface area contributed by atoms with E-state index in [2.05, 4.69) is 77.0 Å². The fourth-order valence-corrected chi connectivity index (χ4v) is 8.29. The summed E-state index contributed by atoms with van der Waals surface area (Å²) in [6.07, 6.45) is 0. The number of hydrogen-bond acceptors (Lipinski definition) is 8. The molecule has 4 aliphatic heterocycles. The van der Waals surface area contributed by atoms with Gasteiger partial charge in [-0.3, -0.25) is 14.7 Å². The quantitative estimate of drug-likeness (QED) is 0.500. The van der Waals surface area contributed by atoms with Crippen LogP contribution in [-0.4, -0.2) is 121 Å². The van der Waals surface area contributed by atoms with Crippen LogP contribution >= 0.6 is 0 Å². The van der Waals surface area contributed by atoms with Gasteiger partial charge < -0.3 is 5.11 Å². The molecule has 0 atom stereocenters. The van der Waals surface area contributed by atoms with Crippen molar-refractivity contribution >= 4 is 19.7 Å². The minimum atomic E-state index is -2.72. The zero-order valence-electron chi connectivity index (χ0n) is 23.8. The maximum atomic E-state index is 11.1. The summed E-state index contributed by atoms with van der Waals surface area (Å²) in [5.74, 6) is 1.49. The molecule has 8 nitrogen and oxygen atoms in total. The Morgan fingerprint density at radius 1 is 0.600 bits per heavy atom. The summed E-state index contributed by atoms with van der Waals surface area (Å²) >= 11 is 0. The molecule has 4 aliphatic rings. The summed E-state index contributed by atoms with van der Waals surface area (Å²) in [7, 11) is -5.36. The molecule has 10 heteroatoms. The molecule has 4 heterocycles. The molecule has 4 saturated heterocycles. The van der Waals surface area contributed by atoms with Gasteiger partial charge in [0.1, 0.15) is 0 Å². The Bertz CT molecular complexity index is 913. The summed E-state index contributed by atoms with van der Waals surface area (Å²) < 4.78 is 44.3. The van der Waals surface area contributed by atoms with Crippen LogP contribution in [0.4, 0.5) is 0 Å². The SMILES string of the molecule is CC(C)(C)N1CC2(C1)CS(=O)(=O)C2.CC(C)(C)N1CCS(=O)(=O)CC1.CC1(O)CN(C(C)(C)C)C1. The van der Waals surface area contributed by atoms with E-state index in [0.29, 0.717) is 36.1 Å². The van der Waals surface area contributed by atoms with Crippen molar-refractivity contribution in [1.82, 2.24) is 14.7 Å². The molecule has 0 bridgehead atoms. The highest BCUT2D eigenvalue weighted by atomic mass is 32.2. The lowest BCUT2D eigenvalue weighted by molar-refractivity contribution is -0.119. The second-order valence-corrected chi connectivity index (χ2v) is 18.8. The first-order chi connectivity index (χ1) is 15.4. The van der Waals surface area contributed by atoms with Crippen LogP contribution in [0.2, 0.25) is 0 Å². The number of likely N-dealkylation sites (tertiary alicyclic amines) is 2. The van der Waals surface area contributed by atoms with Crippen molar-refractivity contribution in [3.05, 3.63) is 0 Å². The van der Waals surface area contributed by atoms with Crippen LogP contribution in [0.25, 0.3) is 0 Å². The maximum Gasteiger partial charge on any atom is 0.152 e. The number of sulfone groups is 2. The molecule has 4 fully saturated rings. The molecule has 0 aliphatic carbocycles. The molecule has 0 radical (unpaired) electrons. The zero-order chi connectivity index (χ0) is 27.3. The summed E-state index contributed by atoms with van der Waals surface area (Å²) in [4.78, 5) is 6.84. The fraction of sp³-hybridized carbons (Fsp3) is 1.00. The van der Waals surface area contributed by atoms with E-state index in [1.807, 2.05) is 6.92 Å². The van der Waals surface area contributed by atoms with Crippen LogP contribution < -0.4 is 0 Å². The van der Waals surface area contributed by atoms with Gasteiger partial charge in [-0.2, -0.15) is 0 Å². The van der Waals surface area contributed by atoms with Gasteiger partial charge in [0.15, 0.2) is 19.7 Å². The highest BCUT2D eigenvalue weighted by Crippen LogP contribution is 2.44. The van der Waals surface area contributed by atoms with E-state index < -0.39 is 25.3 Å². The minimum Gasteiger partial charge on any atom is -0.388 e. The van der Waals surface area contributed by atoms with Crippen molar-refractivity contribution in [2.24, 2.45) is 5.41 Å². The standard InChI is InChI=1S/C9H17NO2S.C8H17NO2S.C8H17NO/c1-8(2,3)10-4-9(5-10)6-13(11,12)7-9;1-8(2,3)9-4-6-12(10,11)7-5-9;1-7(2,3)9-5-8(4,10)6-9/h4-7H2,1-3H3;4-7H2,1-3H3;10H,5-6H2,1-4H3. The van der Waals surface area contributed by atoms with Gasteiger partial charge >= 0.3 is 0 Å². The first-order valence-corrected chi connectivity index (χ1v) is 16.4. The summed E-state index contributed by atoms with van der Waals surface area (Å²) in [6, 6.07) is 0. The predicted molar refractivity (Wildman–Crippen MR) is 144 cm³/mol. The molecule has 208 valence electrons. The van der Waals surface area contributed by atoms with Crippen LogP contribution in [0.1, 0.15) is 69.2 Å². The third kappa shape index (κ3) is 8.92. The summed E-state index contributed by atoms with van der Waals surface area (Å²) in [5.41, 5.74) is 0.252. The monoisotopic (exact) mass is 537 g/mol. The highest BCUT2D eigenvalue weighted by molar-refractivity contribution is 7.92. The van der Waals surface area contributed by atoms with Gasteiger partial charge in [-0.05, 0) is 69.2 Å². The molecule has 1 spiro atoms. The molecule has 1 N–H and O–H groups in total. The first kappa shape index (κ1) is 31.0. The Morgan fingerprint density at radius 2 is 0.943 bits per heavy atom. The number of nitrogens with zero attached hydrogens (tertiary/aromatic N) is 3. The van der Waals surface area contributed by atoms with Gasteiger partial charge in [-0.15, -0.1) is 0 Å². The Kier molecular flexibility index (Phi) is 8.67. The fourth-order valence-electron chi connectivity index (χ4n) is 4.94. The maximum absolute atomic E-state index is 11.1. The largest absolute Gasteiger partial charge is 0.388 e. The van der Waals surface area contributed by atoms with Gasteiger partial charge in [0.05, 0.1) is 28.6 Å². The van der Waals surface area contributed by atoms with Crippen LogP contribution in [0.5, 0.6) is 0 Å². The molecular formula is C25H51N3O5S2. The van der Waals surface area contributed by atoms with Crippen molar-refractivity contribution in [2.75, 3.05) is 62.3 Å². The first-order valence-electron chi connectivity index (χ1n) is 12.7. The normalized spacial score (nSPS) is 27.7. The zero-order valence-corrected chi connectivity index (χ0v) is 25.4. The van der Waals surface area contributed by atoms with Gasteiger partial charge in [-0.1, -0.05) is 0 Å². The Labute approximate surface area is 215 Å². The Balaban J connectivity index is 0.000000187. The predicted octanol–water partition coefficient (Wildman–Crippen LogP) is 1.88. The van der Waals surface area contributed by atoms with Crippen LogP contribution in [0, 0.1) is 5.41 Å². The van der Waals surface area contributed by atoms with Gasteiger partial charge in [0, 0.05) is 61.3 Å². The minimum absolute atomic E-state index is 0.107. The molecule has 0 aromatic rings. The molecule has 0 aromatic carbocycles. The molecule has 0 amide bonds. The smallest absolute Gasteiger partial charge is 0.152 e. The van der Waals surface area contributed by atoms with E-state index in [4.69, 9.17) is 0 Å². The number of β-amino-alcohol motifs (C(OH)–C–C–N with tert-alkyl or cyclic N) is 1. The molecule has 4 rings (SSSR count). The molecule has 0 aromatic heterocycles. The number of hydrogen-bond donors (Lipinski definition) is 1. The average Bonchev–Trinajstić information content (AvgIpc) is 2.53. The second-order valence-electron chi connectivity index (χ2n) is 14.4. The summed E-state index contributed by atoms with van der Waals surface area (Å²) in [6.45, 7) is 26.2. The van der Waals surface area contributed by atoms with E-state index in [0.717, 1.165) is 26.2 Å². The molecular weight excluding hydrogens is 486 g/mol. The van der Waals surface area contributed by atoms with Crippen molar-refractivity contribution in [3.8, 4) is 0 Å². The summed E-state index contributed by atoms with van der Waals surface area (Å²) in [5, 5.41) is 9.41. The van der Waals surface area contributed by atoms with Crippen molar-refractivity contribution in [2.45, 2.75) is 91.5 Å². The van der Waals surface area contributed by atoms with Gasteiger partial charge in [0.25, 0.3) is 0 Å². The van der Waals surface area contributed by atoms with Crippen molar-refractivity contribution < 1.29 is 21.9 Å². The van der Waals surface area contributed by atoms with Gasteiger partial charge in [-0.25, -0.2) is 16.8 Å². The van der Waals surface area contributed by atoms with E-state index in [-0.39, 0.29) is 22.0 Å². The third-order valence-electron chi connectivity index (χ3n) is 7.36. The molecule has 0 saturated carbocycles. The lowest BCUT2D eigenvalue weighted by Gasteiger charge is -2.59. The second kappa shape index (κ2) is 9.80. The van der Waals surface area contributed by atoms with Crippen molar-refractivity contribution in [3.63, 3.8) is 0 Å². The third-order valence-corrected chi connectivity index (χ3v) is 11.1. The molecule has 0 unspecified atom stereocenters. The van der Waals surface area contributed by atoms with Crippen LogP contribution in [-0.2, 0) is 19.7 Å². The van der Waals surface area contributed by atoms with Crippen molar-refractivity contribution in [1.29, 1.82) is 0 Å². The lowest BCUT2D eigenvalue weighted by atomic mass is 9.79. The average molecular weight is 538 g/mol. The molecule has 35 heavy (non-hydrogen) atoms. The Morgan fingerprint density at radius 3 is 1.20 bits per heavy atom. The van der Waals surface area contributed by atoms with Crippen LogP contribution in [0.15, 0.2) is 0 Å². The Hall–Kier alpha value is -0.260. The van der Waals surface area contributed by atoms with E-state index in [9.17, 15) is 21.9 Å². The van der Waals surface area contributed by atoms with Gasteiger partial charge in [0.2, 0.25) is 0 Å². The lowest BCUT2D eigenvalue weighted by Crippen LogP contribution is -2.71. The number of rotatable bonds is 0. The van der Waals surface area contributed by atoms with Crippen LogP contribution in [0.3, 0.4) is 0 Å². The highest BCUT2D eigenvalue weighted by Gasteiger charge is 2.57. The van der Waals surface area contributed by atoms with E-state index >= 15 is 0 Å². The van der Waals surface area contributed by atoms with E-state index in [1.165, 1.54) is 0 Å². The number of aliphatic hydroxyl groups is 1.